The Morgan fingerprint density at radius 2 is 1.96 bits per heavy atom. The number of pyridine rings is 1. The predicted octanol–water partition coefficient (Wildman–Crippen LogP) is 4.39. The van der Waals surface area contributed by atoms with Crippen LogP contribution in [0.1, 0.15) is 53.9 Å². The molecule has 8 heteroatoms. The standard InChI is InChI=1S/C20H19F3N4O/c21-15-5-3-4-13(10-15)11-26(16-6-1-2-7-16)20(28)14-8-9-17-24-25-19(18(22)23)27(17)12-14/h3-5,8-10,12,16,18H,1-2,6-7,11H2. The third-order valence-electron chi connectivity index (χ3n) is 5.14. The van der Waals surface area contributed by atoms with Crippen LogP contribution >= 0.6 is 0 Å². The fraction of sp³-hybridized carbons (Fsp3) is 0.350. The molecule has 1 fully saturated rings. The van der Waals surface area contributed by atoms with Crippen LogP contribution in [-0.2, 0) is 6.54 Å². The van der Waals surface area contributed by atoms with Gasteiger partial charge in [0.2, 0.25) is 5.82 Å². The third-order valence-corrected chi connectivity index (χ3v) is 5.14. The number of fused-ring (bicyclic) bond motifs is 1. The maximum absolute atomic E-state index is 13.6. The molecule has 3 aromatic rings. The second kappa shape index (κ2) is 7.61. The fourth-order valence-electron chi connectivity index (χ4n) is 3.76. The molecule has 1 amide bonds. The van der Waals surface area contributed by atoms with Gasteiger partial charge in [0, 0.05) is 18.8 Å². The van der Waals surface area contributed by atoms with Crippen molar-refractivity contribution in [3.05, 3.63) is 65.4 Å². The number of aromatic nitrogens is 3. The van der Waals surface area contributed by atoms with Crippen LogP contribution in [0.25, 0.3) is 5.65 Å². The first-order valence-electron chi connectivity index (χ1n) is 9.21. The van der Waals surface area contributed by atoms with Crippen molar-refractivity contribution in [1.82, 2.24) is 19.5 Å². The van der Waals surface area contributed by atoms with Crippen molar-refractivity contribution in [2.75, 3.05) is 0 Å². The molecule has 1 aromatic carbocycles. The molecule has 0 N–H and O–H groups in total. The molecule has 28 heavy (non-hydrogen) atoms. The van der Waals surface area contributed by atoms with E-state index in [1.807, 2.05) is 0 Å². The van der Waals surface area contributed by atoms with Crippen molar-refractivity contribution in [3.63, 3.8) is 0 Å². The molecule has 5 nitrogen and oxygen atoms in total. The van der Waals surface area contributed by atoms with Crippen LogP contribution in [0.4, 0.5) is 13.2 Å². The molecule has 0 bridgehead atoms. The third kappa shape index (κ3) is 3.58. The number of hydrogen-bond donors (Lipinski definition) is 0. The van der Waals surface area contributed by atoms with Gasteiger partial charge in [0.25, 0.3) is 12.3 Å². The van der Waals surface area contributed by atoms with Gasteiger partial charge < -0.3 is 4.90 Å². The summed E-state index contributed by atoms with van der Waals surface area (Å²) in [6.07, 6.45) is 2.36. The van der Waals surface area contributed by atoms with E-state index in [1.165, 1.54) is 24.4 Å². The van der Waals surface area contributed by atoms with Crippen LogP contribution in [-0.4, -0.2) is 31.4 Å². The van der Waals surface area contributed by atoms with Crippen LogP contribution in [0.3, 0.4) is 0 Å². The fourth-order valence-corrected chi connectivity index (χ4v) is 3.76. The number of amides is 1. The molecule has 4 rings (SSSR count). The molecule has 2 aromatic heterocycles. The summed E-state index contributed by atoms with van der Waals surface area (Å²) in [7, 11) is 0. The summed E-state index contributed by atoms with van der Waals surface area (Å²) >= 11 is 0. The summed E-state index contributed by atoms with van der Waals surface area (Å²) < 4.78 is 41.0. The molecular weight excluding hydrogens is 369 g/mol. The van der Waals surface area contributed by atoms with Crippen molar-refractivity contribution in [2.24, 2.45) is 0 Å². The monoisotopic (exact) mass is 388 g/mol. The van der Waals surface area contributed by atoms with Gasteiger partial charge in [-0.2, -0.15) is 0 Å². The highest BCUT2D eigenvalue weighted by Gasteiger charge is 2.28. The van der Waals surface area contributed by atoms with E-state index in [2.05, 4.69) is 10.2 Å². The van der Waals surface area contributed by atoms with Gasteiger partial charge in [0.1, 0.15) is 5.82 Å². The molecule has 0 atom stereocenters. The predicted molar refractivity (Wildman–Crippen MR) is 96.5 cm³/mol. The van der Waals surface area contributed by atoms with E-state index in [0.29, 0.717) is 5.56 Å². The number of alkyl halides is 2. The van der Waals surface area contributed by atoms with Crippen LogP contribution in [0.15, 0.2) is 42.6 Å². The Hall–Kier alpha value is -2.90. The Morgan fingerprint density at radius 3 is 2.68 bits per heavy atom. The zero-order valence-electron chi connectivity index (χ0n) is 15.1. The molecule has 2 heterocycles. The lowest BCUT2D eigenvalue weighted by Gasteiger charge is -2.29. The number of rotatable bonds is 5. The van der Waals surface area contributed by atoms with Gasteiger partial charge >= 0.3 is 0 Å². The Labute approximate surface area is 159 Å². The summed E-state index contributed by atoms with van der Waals surface area (Å²) in [5.41, 5.74) is 1.22. The van der Waals surface area contributed by atoms with Crippen molar-refractivity contribution in [2.45, 2.75) is 44.7 Å². The molecule has 1 aliphatic rings. The lowest BCUT2D eigenvalue weighted by atomic mass is 10.1. The van der Waals surface area contributed by atoms with Gasteiger partial charge in [-0.05, 0) is 42.7 Å². The number of carbonyl (C=O) groups excluding carboxylic acids is 1. The lowest BCUT2D eigenvalue weighted by Crippen LogP contribution is -2.38. The van der Waals surface area contributed by atoms with Crippen LogP contribution in [0, 0.1) is 5.82 Å². The maximum Gasteiger partial charge on any atom is 0.297 e. The van der Waals surface area contributed by atoms with Crippen molar-refractivity contribution >= 4 is 11.6 Å². The summed E-state index contributed by atoms with van der Waals surface area (Å²) in [6, 6.07) is 9.26. The average Bonchev–Trinajstić information content (AvgIpc) is 3.35. The second-order valence-electron chi connectivity index (χ2n) is 7.01. The van der Waals surface area contributed by atoms with Crippen molar-refractivity contribution in [3.8, 4) is 0 Å². The zero-order valence-corrected chi connectivity index (χ0v) is 15.1. The van der Waals surface area contributed by atoms with Crippen LogP contribution in [0.5, 0.6) is 0 Å². The maximum atomic E-state index is 13.6. The van der Waals surface area contributed by atoms with E-state index in [9.17, 15) is 18.0 Å². The van der Waals surface area contributed by atoms with Crippen LogP contribution in [0.2, 0.25) is 0 Å². The molecule has 0 radical (unpaired) electrons. The smallest absolute Gasteiger partial charge is 0.297 e. The summed E-state index contributed by atoms with van der Waals surface area (Å²) in [4.78, 5) is 15.0. The highest BCUT2D eigenvalue weighted by atomic mass is 19.3. The first kappa shape index (κ1) is 18.5. The molecule has 0 aliphatic heterocycles. The first-order valence-corrected chi connectivity index (χ1v) is 9.21. The van der Waals surface area contributed by atoms with E-state index in [0.717, 1.165) is 30.1 Å². The molecule has 146 valence electrons. The van der Waals surface area contributed by atoms with Crippen molar-refractivity contribution in [1.29, 1.82) is 0 Å². The Balaban J connectivity index is 1.68. The highest BCUT2D eigenvalue weighted by molar-refractivity contribution is 5.94. The van der Waals surface area contributed by atoms with E-state index >= 15 is 0 Å². The Bertz CT molecular complexity index is 998. The number of halogens is 3. The zero-order chi connectivity index (χ0) is 19.7. The first-order chi connectivity index (χ1) is 13.5. The van der Waals surface area contributed by atoms with E-state index in [-0.39, 0.29) is 35.5 Å². The van der Waals surface area contributed by atoms with Gasteiger partial charge in [-0.25, -0.2) is 13.2 Å². The largest absolute Gasteiger partial charge is 0.331 e. The quantitative estimate of drug-likeness (QED) is 0.651. The molecule has 0 saturated heterocycles. The normalized spacial score (nSPS) is 14.9. The van der Waals surface area contributed by atoms with Crippen LogP contribution < -0.4 is 0 Å². The topological polar surface area (TPSA) is 50.5 Å². The summed E-state index contributed by atoms with van der Waals surface area (Å²) in [5, 5.41) is 7.20. The van der Waals surface area contributed by atoms with E-state index < -0.39 is 12.2 Å². The van der Waals surface area contributed by atoms with Gasteiger partial charge in [0.05, 0.1) is 5.56 Å². The Kier molecular flexibility index (Phi) is 5.02. The molecule has 0 unspecified atom stereocenters. The molecule has 1 aliphatic carbocycles. The number of hydrogen-bond acceptors (Lipinski definition) is 3. The number of carbonyl (C=O) groups is 1. The van der Waals surface area contributed by atoms with E-state index in [1.54, 1.807) is 23.1 Å². The Morgan fingerprint density at radius 1 is 1.18 bits per heavy atom. The molecule has 0 spiro atoms. The van der Waals surface area contributed by atoms with Gasteiger partial charge in [-0.3, -0.25) is 9.20 Å². The van der Waals surface area contributed by atoms with Gasteiger partial charge in [0.15, 0.2) is 5.65 Å². The summed E-state index contributed by atoms with van der Waals surface area (Å²) in [5.74, 6) is -1.13. The molecule has 1 saturated carbocycles. The van der Waals surface area contributed by atoms with Gasteiger partial charge in [-0.1, -0.05) is 25.0 Å². The van der Waals surface area contributed by atoms with Crippen molar-refractivity contribution < 1.29 is 18.0 Å². The van der Waals surface area contributed by atoms with Gasteiger partial charge in [-0.15, -0.1) is 10.2 Å². The SMILES string of the molecule is O=C(c1ccc2nnc(C(F)F)n2c1)N(Cc1cccc(F)c1)C1CCCC1. The number of benzene rings is 1. The minimum Gasteiger partial charge on any atom is -0.331 e. The van der Waals surface area contributed by atoms with E-state index in [4.69, 9.17) is 0 Å². The average molecular weight is 388 g/mol. The second-order valence-corrected chi connectivity index (χ2v) is 7.01. The summed E-state index contributed by atoms with van der Waals surface area (Å²) in [6.45, 7) is 0.267. The minimum atomic E-state index is -2.79. The number of nitrogens with zero attached hydrogens (tertiary/aromatic N) is 4. The lowest BCUT2D eigenvalue weighted by molar-refractivity contribution is 0.0663. The highest BCUT2D eigenvalue weighted by Crippen LogP contribution is 2.27. The molecular formula is C20H19F3N4O. The minimum absolute atomic E-state index is 0.0435.